The third kappa shape index (κ3) is 3.88. The molecule has 4 rings (SSSR count). The fraction of sp³-hybridized carbons (Fsp3) is 0.364. The standard InChI is InChI=1S/C22H24N2O3/c1-14-8-15(2)10-18(9-14)21-23-19-5-4-17(11-20(19)27-21)22(25)26-13-16-6-7-24(3)12-16/h4-5,8-11,16H,6-7,12-13H2,1-3H3. The molecule has 1 aliphatic heterocycles. The number of carbonyl (C=O) groups is 1. The summed E-state index contributed by atoms with van der Waals surface area (Å²) in [6.45, 7) is 6.61. The Bertz CT molecular complexity index is 972. The van der Waals surface area contributed by atoms with Crippen molar-refractivity contribution < 1.29 is 13.9 Å². The number of esters is 1. The van der Waals surface area contributed by atoms with Gasteiger partial charge in [-0.2, -0.15) is 0 Å². The van der Waals surface area contributed by atoms with Gasteiger partial charge in [0.15, 0.2) is 5.58 Å². The Morgan fingerprint density at radius 2 is 2.00 bits per heavy atom. The first-order valence-corrected chi connectivity index (χ1v) is 9.33. The van der Waals surface area contributed by atoms with Gasteiger partial charge in [0.25, 0.3) is 0 Å². The summed E-state index contributed by atoms with van der Waals surface area (Å²) in [5.41, 5.74) is 5.09. The van der Waals surface area contributed by atoms with Crippen LogP contribution in [0.3, 0.4) is 0 Å². The SMILES string of the molecule is Cc1cc(C)cc(-c2nc3ccc(C(=O)OCC4CCN(C)C4)cc3o2)c1. The van der Waals surface area contributed by atoms with E-state index in [-0.39, 0.29) is 5.97 Å². The van der Waals surface area contributed by atoms with Gasteiger partial charge >= 0.3 is 5.97 Å². The highest BCUT2D eigenvalue weighted by Crippen LogP contribution is 2.27. The number of hydrogen-bond acceptors (Lipinski definition) is 5. The van der Waals surface area contributed by atoms with Crippen LogP contribution in [-0.2, 0) is 4.74 Å². The van der Waals surface area contributed by atoms with Crippen molar-refractivity contribution in [1.82, 2.24) is 9.88 Å². The van der Waals surface area contributed by atoms with Gasteiger partial charge in [0.05, 0.1) is 12.2 Å². The zero-order valence-corrected chi connectivity index (χ0v) is 16.0. The minimum Gasteiger partial charge on any atom is -0.462 e. The molecule has 1 saturated heterocycles. The van der Waals surface area contributed by atoms with E-state index in [1.54, 1.807) is 12.1 Å². The Labute approximate surface area is 158 Å². The molecule has 0 amide bonds. The molecule has 0 aliphatic carbocycles. The van der Waals surface area contributed by atoms with Crippen LogP contribution in [0.1, 0.15) is 27.9 Å². The summed E-state index contributed by atoms with van der Waals surface area (Å²) >= 11 is 0. The monoisotopic (exact) mass is 364 g/mol. The zero-order valence-electron chi connectivity index (χ0n) is 16.0. The molecule has 27 heavy (non-hydrogen) atoms. The summed E-state index contributed by atoms with van der Waals surface area (Å²) in [6.07, 6.45) is 1.07. The first-order chi connectivity index (χ1) is 13.0. The molecule has 1 atom stereocenters. The number of aryl methyl sites for hydroxylation is 2. The van der Waals surface area contributed by atoms with Gasteiger partial charge in [-0.3, -0.25) is 0 Å². The molecule has 0 radical (unpaired) electrons. The van der Waals surface area contributed by atoms with E-state index in [9.17, 15) is 4.79 Å². The van der Waals surface area contributed by atoms with Gasteiger partial charge in [-0.15, -0.1) is 0 Å². The van der Waals surface area contributed by atoms with Crippen molar-refractivity contribution in [3.63, 3.8) is 0 Å². The number of aromatic nitrogens is 1. The largest absolute Gasteiger partial charge is 0.462 e. The van der Waals surface area contributed by atoms with E-state index in [0.29, 0.717) is 29.6 Å². The van der Waals surface area contributed by atoms with E-state index in [1.165, 1.54) is 0 Å². The average molecular weight is 364 g/mol. The average Bonchev–Trinajstić information content (AvgIpc) is 3.24. The third-order valence-electron chi connectivity index (χ3n) is 5.03. The summed E-state index contributed by atoms with van der Waals surface area (Å²) in [6, 6.07) is 11.5. The van der Waals surface area contributed by atoms with E-state index in [4.69, 9.17) is 9.15 Å². The Balaban J connectivity index is 1.52. The third-order valence-corrected chi connectivity index (χ3v) is 5.03. The number of hydrogen-bond donors (Lipinski definition) is 0. The fourth-order valence-electron chi connectivity index (χ4n) is 3.71. The lowest BCUT2D eigenvalue weighted by Crippen LogP contribution is -2.18. The van der Waals surface area contributed by atoms with E-state index in [1.807, 2.05) is 18.2 Å². The molecule has 5 heteroatoms. The first-order valence-electron chi connectivity index (χ1n) is 9.33. The number of rotatable bonds is 4. The lowest BCUT2D eigenvalue weighted by atomic mass is 10.1. The van der Waals surface area contributed by atoms with Crippen LogP contribution in [0.25, 0.3) is 22.6 Å². The molecule has 2 heterocycles. The van der Waals surface area contributed by atoms with Crippen molar-refractivity contribution in [3.05, 3.63) is 53.1 Å². The van der Waals surface area contributed by atoms with Crippen molar-refractivity contribution in [2.75, 3.05) is 26.7 Å². The van der Waals surface area contributed by atoms with Gasteiger partial charge in [0, 0.05) is 18.0 Å². The number of likely N-dealkylation sites (tertiary alicyclic amines) is 1. The first kappa shape index (κ1) is 17.7. The molecule has 1 aliphatic rings. The van der Waals surface area contributed by atoms with E-state index in [2.05, 4.69) is 36.8 Å². The Kier molecular flexibility index (Phi) is 4.70. The van der Waals surface area contributed by atoms with Crippen LogP contribution >= 0.6 is 0 Å². The van der Waals surface area contributed by atoms with E-state index in [0.717, 1.165) is 41.7 Å². The van der Waals surface area contributed by atoms with Crippen LogP contribution < -0.4 is 0 Å². The molecule has 1 unspecified atom stereocenters. The van der Waals surface area contributed by atoms with Crippen molar-refractivity contribution >= 4 is 17.1 Å². The number of ether oxygens (including phenoxy) is 1. The molecule has 1 fully saturated rings. The molecule has 0 spiro atoms. The second kappa shape index (κ2) is 7.16. The van der Waals surface area contributed by atoms with Gasteiger partial charge in [-0.1, -0.05) is 17.2 Å². The molecular formula is C22H24N2O3. The Morgan fingerprint density at radius 3 is 2.70 bits per heavy atom. The maximum absolute atomic E-state index is 12.4. The molecule has 2 aromatic carbocycles. The summed E-state index contributed by atoms with van der Waals surface area (Å²) in [5.74, 6) is 0.677. The number of fused-ring (bicyclic) bond motifs is 1. The topological polar surface area (TPSA) is 55.6 Å². The molecular weight excluding hydrogens is 340 g/mol. The predicted molar refractivity (Wildman–Crippen MR) is 105 cm³/mol. The van der Waals surface area contributed by atoms with Gasteiger partial charge in [0.2, 0.25) is 5.89 Å². The highest BCUT2D eigenvalue weighted by Gasteiger charge is 2.21. The van der Waals surface area contributed by atoms with Gasteiger partial charge in [0.1, 0.15) is 5.52 Å². The second-order valence-electron chi connectivity index (χ2n) is 7.59. The summed E-state index contributed by atoms with van der Waals surface area (Å²) in [7, 11) is 2.09. The summed E-state index contributed by atoms with van der Waals surface area (Å²) < 4.78 is 11.4. The maximum Gasteiger partial charge on any atom is 0.338 e. The highest BCUT2D eigenvalue weighted by atomic mass is 16.5. The molecule has 1 aromatic heterocycles. The van der Waals surface area contributed by atoms with Crippen LogP contribution in [0.5, 0.6) is 0 Å². The molecule has 0 saturated carbocycles. The van der Waals surface area contributed by atoms with E-state index >= 15 is 0 Å². The molecule has 0 N–H and O–H groups in total. The predicted octanol–water partition coefficient (Wildman–Crippen LogP) is 4.22. The van der Waals surface area contributed by atoms with Crippen molar-refractivity contribution in [2.45, 2.75) is 20.3 Å². The molecule has 140 valence electrons. The number of oxazole rings is 1. The quantitative estimate of drug-likeness (QED) is 0.649. The fourth-order valence-corrected chi connectivity index (χ4v) is 3.71. The number of benzene rings is 2. The van der Waals surface area contributed by atoms with Crippen LogP contribution in [0.15, 0.2) is 40.8 Å². The van der Waals surface area contributed by atoms with Crippen LogP contribution in [0, 0.1) is 19.8 Å². The lowest BCUT2D eigenvalue weighted by Gasteiger charge is -2.11. The molecule has 3 aromatic rings. The van der Waals surface area contributed by atoms with Gasteiger partial charge in [-0.25, -0.2) is 9.78 Å². The van der Waals surface area contributed by atoms with Crippen molar-refractivity contribution in [3.8, 4) is 11.5 Å². The summed E-state index contributed by atoms with van der Waals surface area (Å²) in [5, 5.41) is 0. The van der Waals surface area contributed by atoms with Crippen LogP contribution in [0.2, 0.25) is 0 Å². The Morgan fingerprint density at radius 1 is 1.22 bits per heavy atom. The zero-order chi connectivity index (χ0) is 19.0. The number of nitrogens with zero attached hydrogens (tertiary/aromatic N) is 2. The number of carbonyl (C=O) groups excluding carboxylic acids is 1. The molecule has 0 bridgehead atoms. The second-order valence-corrected chi connectivity index (χ2v) is 7.59. The van der Waals surface area contributed by atoms with Crippen LogP contribution in [-0.4, -0.2) is 42.6 Å². The smallest absolute Gasteiger partial charge is 0.338 e. The minimum atomic E-state index is -0.309. The van der Waals surface area contributed by atoms with E-state index < -0.39 is 0 Å². The van der Waals surface area contributed by atoms with Gasteiger partial charge in [-0.05, 0) is 64.2 Å². The highest BCUT2D eigenvalue weighted by molar-refractivity contribution is 5.93. The Hall–Kier alpha value is -2.66. The van der Waals surface area contributed by atoms with Crippen molar-refractivity contribution in [1.29, 1.82) is 0 Å². The summed E-state index contributed by atoms with van der Waals surface area (Å²) in [4.78, 5) is 19.2. The van der Waals surface area contributed by atoms with Crippen molar-refractivity contribution in [2.24, 2.45) is 5.92 Å². The normalized spacial score (nSPS) is 17.5. The lowest BCUT2D eigenvalue weighted by molar-refractivity contribution is 0.0445. The van der Waals surface area contributed by atoms with Gasteiger partial charge < -0.3 is 14.1 Å². The maximum atomic E-state index is 12.4. The van der Waals surface area contributed by atoms with Crippen LogP contribution in [0.4, 0.5) is 0 Å². The minimum absolute atomic E-state index is 0.309. The molecule has 5 nitrogen and oxygen atoms in total.